The predicted octanol–water partition coefficient (Wildman–Crippen LogP) is 2.66. The van der Waals surface area contributed by atoms with Crippen molar-refractivity contribution in [2.45, 2.75) is 31.6 Å². The maximum Gasteiger partial charge on any atom is 0.262 e. The first kappa shape index (κ1) is 15.7. The molecule has 4 rings (SSSR count). The zero-order chi connectivity index (χ0) is 17.4. The Kier molecular flexibility index (Phi) is 3.91. The molecule has 2 amide bonds. The Morgan fingerprint density at radius 2 is 2.12 bits per heavy atom. The molecule has 2 heterocycles. The molecule has 1 aromatic carbocycles. The molecule has 1 fully saturated rings. The third-order valence-corrected chi connectivity index (χ3v) is 4.79. The van der Waals surface area contributed by atoms with Gasteiger partial charge in [0, 0.05) is 24.6 Å². The minimum atomic E-state index is -0.232. The van der Waals surface area contributed by atoms with Crippen LogP contribution >= 0.6 is 0 Å². The van der Waals surface area contributed by atoms with Gasteiger partial charge in [0.1, 0.15) is 11.6 Å². The minimum absolute atomic E-state index is 0.0372. The molecule has 0 radical (unpaired) electrons. The van der Waals surface area contributed by atoms with Crippen LogP contribution in [0.5, 0.6) is 5.75 Å². The molecule has 0 saturated heterocycles. The molecule has 0 bridgehead atoms. The number of anilines is 2. The molecule has 2 aliphatic rings. The van der Waals surface area contributed by atoms with Gasteiger partial charge < -0.3 is 15.4 Å². The zero-order valence-electron chi connectivity index (χ0n) is 14.0. The summed E-state index contributed by atoms with van der Waals surface area (Å²) in [6.07, 6.45) is 4.82. The summed E-state index contributed by atoms with van der Waals surface area (Å²) >= 11 is 0. The normalized spacial score (nSPS) is 16.9. The number of rotatable bonds is 3. The van der Waals surface area contributed by atoms with Gasteiger partial charge in [0.25, 0.3) is 11.8 Å². The van der Waals surface area contributed by atoms with Gasteiger partial charge in [-0.1, -0.05) is 12.8 Å². The molecule has 2 N–H and O–H groups in total. The van der Waals surface area contributed by atoms with Gasteiger partial charge in [-0.2, -0.15) is 5.10 Å². The van der Waals surface area contributed by atoms with Crippen LogP contribution in [0.2, 0.25) is 0 Å². The Labute approximate surface area is 145 Å². The molecule has 1 aromatic heterocycles. The summed E-state index contributed by atoms with van der Waals surface area (Å²) in [6, 6.07) is 6.94. The van der Waals surface area contributed by atoms with E-state index in [2.05, 4.69) is 15.7 Å². The standard InChI is InChI=1S/C18H20N4O3/c1-22-16(9-14(21-22)11-4-2-3-5-11)20-18(24)12-6-7-13-15(8-12)25-10-17(23)19-13/h6-9,11H,2-5,10H2,1H3,(H,19,23)(H,20,24). The van der Waals surface area contributed by atoms with Gasteiger partial charge in [-0.3, -0.25) is 14.3 Å². The van der Waals surface area contributed by atoms with Crippen LogP contribution in [0.25, 0.3) is 0 Å². The van der Waals surface area contributed by atoms with E-state index in [1.165, 1.54) is 12.8 Å². The van der Waals surface area contributed by atoms with Gasteiger partial charge in [0.2, 0.25) is 0 Å². The van der Waals surface area contributed by atoms with E-state index < -0.39 is 0 Å². The van der Waals surface area contributed by atoms with Crippen LogP contribution in [0.4, 0.5) is 11.5 Å². The number of aromatic nitrogens is 2. The van der Waals surface area contributed by atoms with Crippen molar-refractivity contribution < 1.29 is 14.3 Å². The summed E-state index contributed by atoms with van der Waals surface area (Å²) in [5, 5.41) is 10.2. The van der Waals surface area contributed by atoms with Gasteiger partial charge in [-0.05, 0) is 31.0 Å². The van der Waals surface area contributed by atoms with Crippen LogP contribution in [0.3, 0.4) is 0 Å². The van der Waals surface area contributed by atoms with Crippen molar-refractivity contribution in [3.05, 3.63) is 35.5 Å². The van der Waals surface area contributed by atoms with E-state index >= 15 is 0 Å². The second-order valence-corrected chi connectivity index (χ2v) is 6.56. The highest BCUT2D eigenvalue weighted by molar-refractivity contribution is 6.05. The monoisotopic (exact) mass is 340 g/mol. The van der Waals surface area contributed by atoms with E-state index in [0.29, 0.717) is 28.7 Å². The third-order valence-electron chi connectivity index (χ3n) is 4.79. The molecule has 130 valence electrons. The lowest BCUT2D eigenvalue weighted by Gasteiger charge is -2.18. The molecule has 25 heavy (non-hydrogen) atoms. The van der Waals surface area contributed by atoms with Crippen molar-refractivity contribution in [2.24, 2.45) is 7.05 Å². The zero-order valence-corrected chi connectivity index (χ0v) is 14.0. The van der Waals surface area contributed by atoms with Crippen molar-refractivity contribution in [3.8, 4) is 5.75 Å². The number of carbonyl (C=O) groups excluding carboxylic acids is 2. The third kappa shape index (κ3) is 3.09. The molecule has 7 nitrogen and oxygen atoms in total. The lowest BCUT2D eigenvalue weighted by Crippen LogP contribution is -2.25. The average Bonchev–Trinajstić information content (AvgIpc) is 3.25. The lowest BCUT2D eigenvalue weighted by atomic mass is 10.0. The molecule has 1 aliphatic carbocycles. The fourth-order valence-corrected chi connectivity index (χ4v) is 3.43. The molecule has 1 aliphatic heterocycles. The number of aryl methyl sites for hydroxylation is 1. The topological polar surface area (TPSA) is 85.2 Å². The van der Waals surface area contributed by atoms with E-state index in [4.69, 9.17) is 4.74 Å². The second kappa shape index (κ2) is 6.23. The molecule has 0 unspecified atom stereocenters. The molecule has 7 heteroatoms. The highest BCUT2D eigenvalue weighted by Gasteiger charge is 2.22. The highest BCUT2D eigenvalue weighted by Crippen LogP contribution is 2.34. The number of nitrogens with zero attached hydrogens (tertiary/aromatic N) is 2. The summed E-state index contributed by atoms with van der Waals surface area (Å²) in [5.74, 6) is 1.25. The van der Waals surface area contributed by atoms with Crippen molar-refractivity contribution in [1.82, 2.24) is 9.78 Å². The van der Waals surface area contributed by atoms with Crippen LogP contribution in [-0.4, -0.2) is 28.2 Å². The smallest absolute Gasteiger partial charge is 0.262 e. The second-order valence-electron chi connectivity index (χ2n) is 6.56. The largest absolute Gasteiger partial charge is 0.482 e. The van der Waals surface area contributed by atoms with Crippen molar-refractivity contribution in [1.29, 1.82) is 0 Å². The number of benzene rings is 1. The Bertz CT molecular complexity index is 837. The Morgan fingerprint density at radius 3 is 2.92 bits per heavy atom. The first-order chi connectivity index (χ1) is 12.1. The summed E-state index contributed by atoms with van der Waals surface area (Å²) in [7, 11) is 1.83. The van der Waals surface area contributed by atoms with E-state index in [1.54, 1.807) is 22.9 Å². The average molecular weight is 340 g/mol. The first-order valence-corrected chi connectivity index (χ1v) is 8.52. The molecule has 0 atom stereocenters. The molecular weight excluding hydrogens is 320 g/mol. The summed E-state index contributed by atoms with van der Waals surface area (Å²) in [6.45, 7) is -0.0372. The maximum absolute atomic E-state index is 12.6. The van der Waals surface area contributed by atoms with E-state index in [1.807, 2.05) is 13.1 Å². The summed E-state index contributed by atoms with van der Waals surface area (Å²) in [5.41, 5.74) is 2.10. The molecule has 0 spiro atoms. The van der Waals surface area contributed by atoms with Crippen LogP contribution < -0.4 is 15.4 Å². The van der Waals surface area contributed by atoms with Crippen LogP contribution in [0.1, 0.15) is 47.7 Å². The highest BCUT2D eigenvalue weighted by atomic mass is 16.5. The SMILES string of the molecule is Cn1nc(C2CCCC2)cc1NC(=O)c1ccc2c(c1)OCC(=O)N2. The van der Waals surface area contributed by atoms with E-state index in [-0.39, 0.29) is 18.4 Å². The number of amides is 2. The Hall–Kier alpha value is -2.83. The van der Waals surface area contributed by atoms with Crippen LogP contribution in [0.15, 0.2) is 24.3 Å². The van der Waals surface area contributed by atoms with Gasteiger partial charge in [-0.25, -0.2) is 0 Å². The van der Waals surface area contributed by atoms with Gasteiger partial charge in [-0.15, -0.1) is 0 Å². The summed E-state index contributed by atoms with van der Waals surface area (Å²) < 4.78 is 7.07. The van der Waals surface area contributed by atoms with Crippen LogP contribution in [0, 0.1) is 0 Å². The van der Waals surface area contributed by atoms with Crippen molar-refractivity contribution >= 4 is 23.3 Å². The Balaban J connectivity index is 1.51. The van der Waals surface area contributed by atoms with Gasteiger partial charge in [0.05, 0.1) is 11.4 Å². The number of carbonyl (C=O) groups is 2. The minimum Gasteiger partial charge on any atom is -0.482 e. The number of ether oxygens (including phenoxy) is 1. The molecular formula is C18H20N4O3. The predicted molar refractivity (Wildman–Crippen MR) is 92.9 cm³/mol. The first-order valence-electron chi connectivity index (χ1n) is 8.52. The van der Waals surface area contributed by atoms with Gasteiger partial charge >= 0.3 is 0 Å². The lowest BCUT2D eigenvalue weighted by molar-refractivity contribution is -0.118. The van der Waals surface area contributed by atoms with E-state index in [9.17, 15) is 9.59 Å². The fourth-order valence-electron chi connectivity index (χ4n) is 3.43. The quantitative estimate of drug-likeness (QED) is 0.899. The van der Waals surface area contributed by atoms with Crippen molar-refractivity contribution in [2.75, 3.05) is 17.2 Å². The summed E-state index contributed by atoms with van der Waals surface area (Å²) in [4.78, 5) is 23.9. The molecule has 2 aromatic rings. The maximum atomic E-state index is 12.6. The molecule has 1 saturated carbocycles. The van der Waals surface area contributed by atoms with Gasteiger partial charge in [0.15, 0.2) is 6.61 Å². The number of hydrogen-bond donors (Lipinski definition) is 2. The van der Waals surface area contributed by atoms with Crippen molar-refractivity contribution in [3.63, 3.8) is 0 Å². The van der Waals surface area contributed by atoms with Crippen LogP contribution in [-0.2, 0) is 11.8 Å². The number of hydrogen-bond acceptors (Lipinski definition) is 4. The Morgan fingerprint density at radius 1 is 1.32 bits per heavy atom. The van der Waals surface area contributed by atoms with E-state index in [0.717, 1.165) is 18.5 Å². The number of nitrogens with one attached hydrogen (secondary N) is 2. The fraction of sp³-hybridized carbons (Fsp3) is 0.389. The number of fused-ring (bicyclic) bond motifs is 1.